The van der Waals surface area contributed by atoms with Crippen molar-refractivity contribution in [2.45, 2.75) is 12.8 Å². The summed E-state index contributed by atoms with van der Waals surface area (Å²) < 4.78 is 4.78. The lowest BCUT2D eigenvalue weighted by atomic mass is 10.00. The Hall–Kier alpha value is -2.48. The highest BCUT2D eigenvalue weighted by Crippen LogP contribution is 2.20. The van der Waals surface area contributed by atoms with Gasteiger partial charge in [0.2, 0.25) is 5.91 Å². The van der Waals surface area contributed by atoms with Gasteiger partial charge < -0.3 is 15.2 Å². The monoisotopic (exact) mass is 296 g/mol. The molecule has 1 atom stereocenters. The predicted molar refractivity (Wildman–Crippen MR) is 73.0 cm³/mol. The van der Waals surface area contributed by atoms with E-state index in [0.29, 0.717) is 5.56 Å². The van der Waals surface area contributed by atoms with Gasteiger partial charge in [-0.1, -0.05) is 12.1 Å². The van der Waals surface area contributed by atoms with Gasteiger partial charge in [0.05, 0.1) is 17.4 Å². The molecule has 1 aromatic carbocycles. The number of benzene rings is 1. The molecule has 0 aromatic heterocycles. The van der Waals surface area contributed by atoms with E-state index in [0.717, 1.165) is 0 Å². The highest BCUT2D eigenvalue weighted by atomic mass is 16.6. The van der Waals surface area contributed by atoms with Gasteiger partial charge in [0.15, 0.2) is 0 Å². The van der Waals surface area contributed by atoms with Crippen LogP contribution in [-0.2, 0) is 14.3 Å². The number of carbonyl (C=O) groups is 2. The number of hydrogen-bond acceptors (Lipinski definition) is 5. The first-order valence-electron chi connectivity index (χ1n) is 6.23. The van der Waals surface area contributed by atoms with Crippen LogP contribution >= 0.6 is 0 Å². The van der Waals surface area contributed by atoms with Gasteiger partial charge in [0.1, 0.15) is 6.61 Å². The third kappa shape index (κ3) is 5.57. The van der Waals surface area contributed by atoms with Gasteiger partial charge in [-0.2, -0.15) is 0 Å². The normalized spacial score (nSPS) is 11.7. The molecule has 0 saturated carbocycles. The minimum absolute atomic E-state index is 0.0723. The molecule has 21 heavy (non-hydrogen) atoms. The molecule has 1 aromatic rings. The van der Waals surface area contributed by atoms with Crippen molar-refractivity contribution >= 4 is 17.6 Å². The van der Waals surface area contributed by atoms with E-state index in [1.165, 1.54) is 18.2 Å². The molecule has 2 N–H and O–H groups in total. The maximum atomic E-state index is 11.9. The van der Waals surface area contributed by atoms with Crippen molar-refractivity contribution in [3.63, 3.8) is 0 Å². The molecule has 0 radical (unpaired) electrons. The van der Waals surface area contributed by atoms with Crippen molar-refractivity contribution in [3.05, 3.63) is 39.9 Å². The third-order valence-corrected chi connectivity index (χ3v) is 2.75. The number of carboxylic acids is 1. The topological polar surface area (TPSA) is 119 Å². The molecule has 8 heteroatoms. The molecule has 1 unspecified atom stereocenters. The number of amides is 1. The number of carbonyl (C=O) groups excluding carboxylic acids is 1. The fraction of sp³-hybridized carbons (Fsp3) is 0.385. The van der Waals surface area contributed by atoms with E-state index in [2.05, 4.69) is 5.32 Å². The van der Waals surface area contributed by atoms with E-state index in [-0.39, 0.29) is 24.7 Å². The second kappa shape index (κ2) is 7.95. The molecule has 0 saturated heterocycles. The predicted octanol–water partition coefficient (Wildman–Crippen LogP) is 0.916. The number of nitro groups is 1. The molecule has 0 fully saturated rings. The van der Waals surface area contributed by atoms with Gasteiger partial charge in [-0.3, -0.25) is 14.9 Å². The smallest absolute Gasteiger partial charge is 0.329 e. The zero-order valence-corrected chi connectivity index (χ0v) is 11.4. The summed E-state index contributed by atoms with van der Waals surface area (Å²) in [5.41, 5.74) is 0.463. The molecule has 0 aliphatic heterocycles. The summed E-state index contributed by atoms with van der Waals surface area (Å²) in [5.74, 6) is -1.94. The number of nitrogens with zero attached hydrogens (tertiary/aromatic N) is 1. The number of rotatable bonds is 8. The minimum atomic E-state index is -1.08. The molecule has 0 bridgehead atoms. The van der Waals surface area contributed by atoms with Crippen molar-refractivity contribution in [2.24, 2.45) is 0 Å². The first-order chi connectivity index (χ1) is 9.91. The molecule has 0 aliphatic carbocycles. The number of non-ortho nitro benzene ring substituents is 1. The Morgan fingerprint density at radius 3 is 2.81 bits per heavy atom. The fourth-order valence-corrected chi connectivity index (χ4v) is 1.62. The molecule has 1 rings (SSSR count). The van der Waals surface area contributed by atoms with Crippen LogP contribution in [0, 0.1) is 10.1 Å². The number of carboxylic acid groups (broad SMARTS) is 1. The average Bonchev–Trinajstić information content (AvgIpc) is 2.45. The van der Waals surface area contributed by atoms with Crippen molar-refractivity contribution < 1.29 is 24.4 Å². The third-order valence-electron chi connectivity index (χ3n) is 2.75. The van der Waals surface area contributed by atoms with Crippen molar-refractivity contribution in [1.82, 2.24) is 5.32 Å². The average molecular weight is 296 g/mol. The van der Waals surface area contributed by atoms with Gasteiger partial charge in [-0.15, -0.1) is 0 Å². The molecule has 1 amide bonds. The van der Waals surface area contributed by atoms with E-state index in [9.17, 15) is 19.7 Å². The Balaban J connectivity index is 2.48. The Labute approximate surface area is 120 Å². The SMILES string of the molecule is CC(C(=O)NCCOCC(=O)O)c1cccc([N+](=O)[O-])c1. The standard InChI is InChI=1S/C13H16N2O6/c1-9(10-3-2-4-11(7-10)15(19)20)13(18)14-5-6-21-8-12(16)17/h2-4,7,9H,5-6,8H2,1H3,(H,14,18)(H,16,17). The summed E-state index contributed by atoms with van der Waals surface area (Å²) >= 11 is 0. The molecular formula is C13H16N2O6. The van der Waals surface area contributed by atoms with Crippen LogP contribution in [0.25, 0.3) is 0 Å². The summed E-state index contributed by atoms with van der Waals surface area (Å²) in [7, 11) is 0. The number of hydrogen-bond donors (Lipinski definition) is 2. The highest BCUT2D eigenvalue weighted by molar-refractivity contribution is 5.83. The van der Waals surface area contributed by atoms with E-state index in [4.69, 9.17) is 9.84 Å². The Bertz CT molecular complexity index is 531. The van der Waals surface area contributed by atoms with E-state index in [1.54, 1.807) is 13.0 Å². The lowest BCUT2D eigenvalue weighted by Crippen LogP contribution is -2.31. The number of nitro benzene ring substituents is 1. The molecule has 0 aliphatic rings. The molecule has 0 spiro atoms. The van der Waals surface area contributed by atoms with Crippen LogP contribution in [0.3, 0.4) is 0 Å². The molecule has 114 valence electrons. The summed E-state index contributed by atoms with van der Waals surface area (Å²) in [6, 6.07) is 5.87. The largest absolute Gasteiger partial charge is 0.480 e. The van der Waals surface area contributed by atoms with Gasteiger partial charge in [-0.25, -0.2) is 4.79 Å². The Kier molecular flexibility index (Phi) is 6.28. The second-order valence-electron chi connectivity index (χ2n) is 4.31. The van der Waals surface area contributed by atoms with Crippen LogP contribution in [-0.4, -0.2) is 41.7 Å². The van der Waals surface area contributed by atoms with Crippen molar-refractivity contribution in [1.29, 1.82) is 0 Å². The maximum absolute atomic E-state index is 11.9. The minimum Gasteiger partial charge on any atom is -0.480 e. The number of nitrogens with one attached hydrogen (secondary N) is 1. The van der Waals surface area contributed by atoms with Crippen LogP contribution in [0.5, 0.6) is 0 Å². The highest BCUT2D eigenvalue weighted by Gasteiger charge is 2.17. The quantitative estimate of drug-likeness (QED) is 0.418. The number of ether oxygens (including phenoxy) is 1. The molecule has 8 nitrogen and oxygen atoms in total. The summed E-state index contributed by atoms with van der Waals surface area (Å²) in [6.45, 7) is 1.47. The van der Waals surface area contributed by atoms with E-state index >= 15 is 0 Å². The maximum Gasteiger partial charge on any atom is 0.329 e. The van der Waals surface area contributed by atoms with Gasteiger partial charge in [0.25, 0.3) is 5.69 Å². The fourth-order valence-electron chi connectivity index (χ4n) is 1.62. The van der Waals surface area contributed by atoms with Gasteiger partial charge in [0, 0.05) is 18.7 Å². The van der Waals surface area contributed by atoms with Crippen molar-refractivity contribution in [2.75, 3.05) is 19.8 Å². The lowest BCUT2D eigenvalue weighted by Gasteiger charge is -2.12. The molecule has 0 heterocycles. The van der Waals surface area contributed by atoms with Crippen LogP contribution in [0.1, 0.15) is 18.4 Å². The van der Waals surface area contributed by atoms with Gasteiger partial charge in [-0.05, 0) is 12.5 Å². The van der Waals surface area contributed by atoms with Gasteiger partial charge >= 0.3 is 5.97 Å². The van der Waals surface area contributed by atoms with Crippen LogP contribution in [0.4, 0.5) is 5.69 Å². The van der Waals surface area contributed by atoms with Crippen molar-refractivity contribution in [3.8, 4) is 0 Å². The second-order valence-corrected chi connectivity index (χ2v) is 4.31. The first kappa shape index (κ1) is 16.6. The number of aliphatic carboxylic acids is 1. The first-order valence-corrected chi connectivity index (χ1v) is 6.23. The van der Waals surface area contributed by atoms with Crippen LogP contribution in [0.15, 0.2) is 24.3 Å². The lowest BCUT2D eigenvalue weighted by molar-refractivity contribution is -0.384. The molecular weight excluding hydrogens is 280 g/mol. The summed E-state index contributed by atoms with van der Waals surface area (Å²) in [4.78, 5) is 32.2. The van der Waals surface area contributed by atoms with E-state index < -0.39 is 23.4 Å². The summed E-state index contributed by atoms with van der Waals surface area (Å²) in [5, 5.41) is 21.6. The Morgan fingerprint density at radius 1 is 1.48 bits per heavy atom. The zero-order chi connectivity index (χ0) is 15.8. The van der Waals surface area contributed by atoms with Crippen LogP contribution in [0.2, 0.25) is 0 Å². The van der Waals surface area contributed by atoms with E-state index in [1.807, 2.05) is 0 Å². The zero-order valence-electron chi connectivity index (χ0n) is 11.4. The summed E-state index contributed by atoms with van der Waals surface area (Å²) in [6.07, 6.45) is 0. The van der Waals surface area contributed by atoms with Crippen LogP contribution < -0.4 is 5.32 Å². The Morgan fingerprint density at radius 2 is 2.19 bits per heavy atom.